The first-order chi connectivity index (χ1) is 7.58. The number of hydrogen-bond acceptors (Lipinski definition) is 2. The summed E-state index contributed by atoms with van der Waals surface area (Å²) in [7, 11) is 0. The minimum Gasteiger partial charge on any atom is -0.289 e. The number of hydrogen-bond donors (Lipinski definition) is 1. The smallest absolute Gasteiger partial charge is 0.254 e. The van der Waals surface area contributed by atoms with Crippen LogP contribution in [-0.2, 0) is 16.0 Å². The molecule has 3 nitrogen and oxygen atoms in total. The molecule has 16 heavy (non-hydrogen) atoms. The predicted molar refractivity (Wildman–Crippen MR) is 60.9 cm³/mol. The monoisotopic (exact) mass is 215 g/mol. The van der Waals surface area contributed by atoms with Gasteiger partial charge in [-0.3, -0.25) is 14.9 Å². The van der Waals surface area contributed by atoms with Crippen molar-refractivity contribution in [2.24, 2.45) is 0 Å². The van der Waals surface area contributed by atoms with Crippen molar-refractivity contribution in [3.8, 4) is 0 Å². The highest BCUT2D eigenvalue weighted by Gasteiger charge is 2.21. The summed E-state index contributed by atoms with van der Waals surface area (Å²) < 4.78 is 0. The molecule has 0 aliphatic carbocycles. The Kier molecular flexibility index (Phi) is 2.60. The number of carbonyl (C=O) groups is 2. The van der Waals surface area contributed by atoms with E-state index >= 15 is 0 Å². The summed E-state index contributed by atoms with van der Waals surface area (Å²) in [6, 6.07) is 6.01. The molecule has 0 aromatic heterocycles. The van der Waals surface area contributed by atoms with Crippen LogP contribution in [-0.4, -0.2) is 11.8 Å². The lowest BCUT2D eigenvalue weighted by atomic mass is 9.96. The number of rotatable bonds is 2. The molecule has 0 radical (unpaired) electrons. The van der Waals surface area contributed by atoms with Crippen molar-refractivity contribution >= 4 is 11.8 Å². The van der Waals surface area contributed by atoms with E-state index in [0.29, 0.717) is 12.0 Å². The van der Waals surface area contributed by atoms with Crippen LogP contribution in [0.3, 0.4) is 0 Å². The van der Waals surface area contributed by atoms with E-state index in [1.54, 1.807) is 0 Å². The third kappa shape index (κ3) is 1.89. The minimum atomic E-state index is -0.314. The van der Waals surface area contributed by atoms with Crippen LogP contribution in [0.15, 0.2) is 29.8 Å². The summed E-state index contributed by atoms with van der Waals surface area (Å²) in [6.07, 6.45) is 1.91. The van der Waals surface area contributed by atoms with E-state index in [-0.39, 0.29) is 11.8 Å². The van der Waals surface area contributed by atoms with Gasteiger partial charge < -0.3 is 0 Å². The molecule has 0 saturated carbocycles. The molecule has 1 aromatic rings. The number of imide groups is 1. The molecule has 1 aliphatic rings. The molecule has 0 saturated heterocycles. The first-order valence-corrected chi connectivity index (χ1v) is 5.19. The van der Waals surface area contributed by atoms with E-state index in [1.165, 1.54) is 6.08 Å². The van der Waals surface area contributed by atoms with E-state index in [1.807, 2.05) is 32.0 Å². The maximum absolute atomic E-state index is 11.4. The van der Waals surface area contributed by atoms with E-state index in [2.05, 4.69) is 5.32 Å². The molecule has 1 heterocycles. The summed E-state index contributed by atoms with van der Waals surface area (Å²) in [4.78, 5) is 22.4. The zero-order chi connectivity index (χ0) is 11.7. The Morgan fingerprint density at radius 2 is 1.75 bits per heavy atom. The minimum absolute atomic E-state index is 0.271. The second kappa shape index (κ2) is 3.93. The van der Waals surface area contributed by atoms with Gasteiger partial charge in [-0.25, -0.2) is 0 Å². The van der Waals surface area contributed by atoms with Crippen LogP contribution in [0.5, 0.6) is 0 Å². The average molecular weight is 215 g/mol. The summed E-state index contributed by atoms with van der Waals surface area (Å²) in [5, 5.41) is 2.26. The molecule has 0 bridgehead atoms. The molecule has 0 spiro atoms. The summed E-state index contributed by atoms with van der Waals surface area (Å²) in [5.74, 6) is -0.584. The fourth-order valence-corrected chi connectivity index (χ4v) is 1.90. The lowest BCUT2D eigenvalue weighted by molar-refractivity contribution is -0.123. The van der Waals surface area contributed by atoms with Crippen LogP contribution in [0.4, 0.5) is 0 Å². The van der Waals surface area contributed by atoms with Crippen LogP contribution in [0, 0.1) is 13.8 Å². The van der Waals surface area contributed by atoms with E-state index in [9.17, 15) is 9.59 Å². The van der Waals surface area contributed by atoms with Crippen LogP contribution < -0.4 is 5.32 Å². The molecule has 1 aliphatic heterocycles. The third-order valence-corrected chi connectivity index (χ3v) is 2.85. The Bertz CT molecular complexity index is 480. The Balaban J connectivity index is 2.31. The topological polar surface area (TPSA) is 46.2 Å². The van der Waals surface area contributed by atoms with Crippen LogP contribution in [0.2, 0.25) is 0 Å². The predicted octanol–water partition coefficient (Wildman–Crippen LogP) is 1.43. The molecule has 1 aromatic carbocycles. The van der Waals surface area contributed by atoms with Crippen LogP contribution >= 0.6 is 0 Å². The molecular weight excluding hydrogens is 202 g/mol. The van der Waals surface area contributed by atoms with E-state index in [0.717, 1.165) is 16.7 Å². The molecule has 0 unspecified atom stereocenters. The zero-order valence-corrected chi connectivity index (χ0v) is 9.33. The van der Waals surface area contributed by atoms with Gasteiger partial charge in [0, 0.05) is 18.1 Å². The number of amides is 2. The Labute approximate surface area is 94.2 Å². The summed E-state index contributed by atoms with van der Waals surface area (Å²) in [5.41, 5.74) is 3.96. The number of aryl methyl sites for hydroxylation is 2. The molecule has 82 valence electrons. The molecule has 3 heteroatoms. The van der Waals surface area contributed by atoms with Crippen LogP contribution in [0.1, 0.15) is 16.7 Å². The lowest BCUT2D eigenvalue weighted by Crippen LogP contribution is -2.22. The van der Waals surface area contributed by atoms with Crippen molar-refractivity contribution in [2.45, 2.75) is 20.3 Å². The van der Waals surface area contributed by atoms with E-state index < -0.39 is 0 Å². The summed E-state index contributed by atoms with van der Waals surface area (Å²) >= 11 is 0. The maximum Gasteiger partial charge on any atom is 0.254 e. The van der Waals surface area contributed by atoms with Crippen molar-refractivity contribution in [1.82, 2.24) is 5.32 Å². The second-order valence-electron chi connectivity index (χ2n) is 4.04. The second-order valence-corrected chi connectivity index (χ2v) is 4.04. The normalized spacial score (nSPS) is 15.0. The molecule has 2 amide bonds. The van der Waals surface area contributed by atoms with Crippen molar-refractivity contribution in [1.29, 1.82) is 0 Å². The quantitative estimate of drug-likeness (QED) is 0.758. The van der Waals surface area contributed by atoms with Gasteiger partial charge in [-0.15, -0.1) is 0 Å². The van der Waals surface area contributed by atoms with Gasteiger partial charge in [0.1, 0.15) is 0 Å². The first-order valence-electron chi connectivity index (χ1n) is 5.19. The first kappa shape index (κ1) is 10.6. The van der Waals surface area contributed by atoms with Gasteiger partial charge in [0.15, 0.2) is 0 Å². The van der Waals surface area contributed by atoms with Crippen molar-refractivity contribution < 1.29 is 9.59 Å². The van der Waals surface area contributed by atoms with Gasteiger partial charge in [-0.1, -0.05) is 18.2 Å². The van der Waals surface area contributed by atoms with Crippen molar-refractivity contribution in [3.05, 3.63) is 46.5 Å². The van der Waals surface area contributed by atoms with Gasteiger partial charge in [0.05, 0.1) is 0 Å². The molecule has 0 atom stereocenters. The van der Waals surface area contributed by atoms with Gasteiger partial charge >= 0.3 is 0 Å². The van der Waals surface area contributed by atoms with Crippen molar-refractivity contribution in [2.75, 3.05) is 0 Å². The van der Waals surface area contributed by atoms with Gasteiger partial charge in [-0.2, -0.15) is 0 Å². The highest BCUT2D eigenvalue weighted by Crippen LogP contribution is 2.19. The Morgan fingerprint density at radius 3 is 2.25 bits per heavy atom. The number of nitrogens with one attached hydrogen (secondary N) is 1. The third-order valence-electron chi connectivity index (χ3n) is 2.85. The number of carbonyl (C=O) groups excluding carboxylic acids is 2. The van der Waals surface area contributed by atoms with E-state index in [4.69, 9.17) is 0 Å². The highest BCUT2D eigenvalue weighted by molar-refractivity contribution is 6.16. The largest absolute Gasteiger partial charge is 0.289 e. The van der Waals surface area contributed by atoms with Gasteiger partial charge in [0.25, 0.3) is 11.8 Å². The Hall–Kier alpha value is -1.90. The van der Waals surface area contributed by atoms with Crippen LogP contribution in [0.25, 0.3) is 0 Å². The van der Waals surface area contributed by atoms with Gasteiger partial charge in [0.2, 0.25) is 0 Å². The fourth-order valence-electron chi connectivity index (χ4n) is 1.90. The highest BCUT2D eigenvalue weighted by atomic mass is 16.2. The molecule has 1 N–H and O–H groups in total. The zero-order valence-electron chi connectivity index (χ0n) is 9.33. The Morgan fingerprint density at radius 1 is 1.12 bits per heavy atom. The number of benzene rings is 1. The lowest BCUT2D eigenvalue weighted by Gasteiger charge is -2.08. The standard InChI is InChI=1S/C13H13NO2/c1-8-4-3-5-9(2)11(8)6-10-7-12(15)14-13(10)16/h3-5,7H,6H2,1-2H3,(H,14,15,16). The molecule has 2 rings (SSSR count). The average Bonchev–Trinajstić information content (AvgIpc) is 2.51. The SMILES string of the molecule is Cc1cccc(C)c1CC1=CC(=O)NC1=O. The fraction of sp³-hybridized carbons (Fsp3) is 0.231. The maximum atomic E-state index is 11.4. The van der Waals surface area contributed by atoms with Gasteiger partial charge in [-0.05, 0) is 30.5 Å². The molecule has 0 fully saturated rings. The summed E-state index contributed by atoms with van der Waals surface area (Å²) in [6.45, 7) is 4.02. The molecular formula is C13H13NO2. The van der Waals surface area contributed by atoms with Crippen molar-refractivity contribution in [3.63, 3.8) is 0 Å².